The van der Waals surface area contributed by atoms with Crippen LogP contribution < -0.4 is 4.90 Å². The van der Waals surface area contributed by atoms with Crippen molar-refractivity contribution in [2.24, 2.45) is 0 Å². The predicted octanol–water partition coefficient (Wildman–Crippen LogP) is 2.01. The molecule has 2 rings (SSSR count). The third-order valence-electron chi connectivity index (χ3n) is 2.14. The van der Waals surface area contributed by atoms with Crippen molar-refractivity contribution in [3.8, 4) is 11.3 Å². The second-order valence-electron chi connectivity index (χ2n) is 3.42. The molecule has 2 heterocycles. The van der Waals surface area contributed by atoms with E-state index in [1.807, 2.05) is 43.4 Å². The van der Waals surface area contributed by atoms with Gasteiger partial charge in [-0.1, -0.05) is 6.07 Å². The molecule has 15 heavy (non-hydrogen) atoms. The summed E-state index contributed by atoms with van der Waals surface area (Å²) in [6.07, 6.45) is 5.36. The van der Waals surface area contributed by atoms with E-state index in [-0.39, 0.29) is 0 Å². The van der Waals surface area contributed by atoms with Crippen LogP contribution in [0.25, 0.3) is 11.3 Å². The molecular weight excluding hydrogens is 186 g/mol. The van der Waals surface area contributed by atoms with Gasteiger partial charge in [-0.3, -0.25) is 9.97 Å². The van der Waals surface area contributed by atoms with Crippen molar-refractivity contribution >= 4 is 5.69 Å². The minimum atomic E-state index is 0.828. The highest BCUT2D eigenvalue weighted by Gasteiger charge is 2.06. The first-order valence-corrected chi connectivity index (χ1v) is 4.73. The van der Waals surface area contributed by atoms with Crippen LogP contribution in [-0.4, -0.2) is 24.1 Å². The molecule has 0 bridgehead atoms. The van der Waals surface area contributed by atoms with Crippen molar-refractivity contribution in [1.29, 1.82) is 0 Å². The number of nitrogens with zero attached hydrogens (tertiary/aromatic N) is 3. The van der Waals surface area contributed by atoms with Gasteiger partial charge in [0.1, 0.15) is 0 Å². The van der Waals surface area contributed by atoms with Crippen LogP contribution in [0, 0.1) is 6.07 Å². The number of aromatic nitrogens is 2. The molecule has 0 fully saturated rings. The summed E-state index contributed by atoms with van der Waals surface area (Å²) >= 11 is 0. The second-order valence-corrected chi connectivity index (χ2v) is 3.42. The Kier molecular flexibility index (Phi) is 2.63. The van der Waals surface area contributed by atoms with Crippen LogP contribution in [-0.2, 0) is 0 Å². The topological polar surface area (TPSA) is 29.0 Å². The molecule has 0 N–H and O–H groups in total. The number of hydrogen-bond acceptors (Lipinski definition) is 3. The first-order valence-electron chi connectivity index (χ1n) is 4.73. The smallest absolute Gasteiger partial charge is 0.0817 e. The lowest BCUT2D eigenvalue weighted by molar-refractivity contribution is 1.12. The number of pyridine rings is 2. The van der Waals surface area contributed by atoms with E-state index in [1.165, 1.54) is 0 Å². The minimum Gasteiger partial charge on any atom is -0.377 e. The highest BCUT2D eigenvalue weighted by Crippen LogP contribution is 2.26. The lowest BCUT2D eigenvalue weighted by atomic mass is 10.1. The summed E-state index contributed by atoms with van der Waals surface area (Å²) in [5.41, 5.74) is 2.93. The van der Waals surface area contributed by atoms with Crippen LogP contribution >= 0.6 is 0 Å². The molecule has 0 unspecified atom stereocenters. The standard InChI is InChI=1S/C12H12N3/c1-15(2)12-6-8-13-9-10(12)11-5-3-4-7-14-11/h3-4,6-9H,1-2H3. The van der Waals surface area contributed by atoms with Gasteiger partial charge in [0.05, 0.1) is 5.69 Å². The monoisotopic (exact) mass is 198 g/mol. The van der Waals surface area contributed by atoms with Gasteiger partial charge in [0.2, 0.25) is 0 Å². The quantitative estimate of drug-likeness (QED) is 0.739. The molecule has 0 amide bonds. The Morgan fingerprint density at radius 3 is 2.80 bits per heavy atom. The van der Waals surface area contributed by atoms with Crippen molar-refractivity contribution in [3.05, 3.63) is 42.9 Å². The van der Waals surface area contributed by atoms with Gasteiger partial charge in [0.25, 0.3) is 0 Å². The van der Waals surface area contributed by atoms with Crippen LogP contribution in [0.3, 0.4) is 0 Å². The van der Waals surface area contributed by atoms with Crippen molar-refractivity contribution in [2.75, 3.05) is 19.0 Å². The molecule has 0 atom stereocenters. The van der Waals surface area contributed by atoms with Gasteiger partial charge in [-0.2, -0.15) is 0 Å². The fourth-order valence-corrected chi connectivity index (χ4v) is 1.43. The third-order valence-corrected chi connectivity index (χ3v) is 2.14. The molecule has 0 aliphatic carbocycles. The molecule has 2 aromatic rings. The highest BCUT2D eigenvalue weighted by atomic mass is 15.1. The molecule has 3 nitrogen and oxygen atoms in total. The Morgan fingerprint density at radius 2 is 2.13 bits per heavy atom. The molecule has 0 aromatic carbocycles. The van der Waals surface area contributed by atoms with E-state index in [2.05, 4.69) is 16.0 Å². The second kappa shape index (κ2) is 4.09. The third kappa shape index (κ3) is 1.96. The predicted molar refractivity (Wildman–Crippen MR) is 60.6 cm³/mol. The fraction of sp³-hybridized carbons (Fsp3) is 0.167. The first kappa shape index (κ1) is 9.65. The van der Waals surface area contributed by atoms with Crippen LogP contribution in [0.1, 0.15) is 0 Å². The maximum absolute atomic E-state index is 4.27. The van der Waals surface area contributed by atoms with Crippen LogP contribution in [0.2, 0.25) is 0 Å². The van der Waals surface area contributed by atoms with Crippen LogP contribution in [0.15, 0.2) is 36.8 Å². The summed E-state index contributed by atoms with van der Waals surface area (Å²) in [5.74, 6) is 0. The average Bonchev–Trinajstić information content (AvgIpc) is 2.30. The van der Waals surface area contributed by atoms with Crippen LogP contribution in [0.4, 0.5) is 5.69 Å². The minimum absolute atomic E-state index is 0.828. The van der Waals surface area contributed by atoms with Crippen molar-refractivity contribution in [1.82, 2.24) is 9.97 Å². The molecule has 0 saturated carbocycles. The summed E-state index contributed by atoms with van der Waals surface area (Å²) in [4.78, 5) is 10.4. The van der Waals surface area contributed by atoms with Crippen molar-refractivity contribution in [2.45, 2.75) is 0 Å². The normalized spacial score (nSPS) is 10.0. The molecular formula is C12H12N3. The number of anilines is 1. The maximum atomic E-state index is 4.27. The van der Waals surface area contributed by atoms with Gasteiger partial charge < -0.3 is 4.90 Å². The van der Waals surface area contributed by atoms with Gasteiger partial charge in [0.15, 0.2) is 0 Å². The Bertz CT molecular complexity index is 438. The lowest BCUT2D eigenvalue weighted by Crippen LogP contribution is -2.10. The average molecular weight is 198 g/mol. The number of hydrogen-bond donors (Lipinski definition) is 0. The summed E-state index contributed by atoms with van der Waals surface area (Å²) < 4.78 is 0. The van der Waals surface area contributed by atoms with Gasteiger partial charge in [-0.25, -0.2) is 0 Å². The molecule has 0 saturated heterocycles. The van der Waals surface area contributed by atoms with Gasteiger partial charge in [0, 0.05) is 50.0 Å². The van der Waals surface area contributed by atoms with E-state index in [9.17, 15) is 0 Å². The zero-order valence-electron chi connectivity index (χ0n) is 8.81. The van der Waals surface area contributed by atoms with E-state index in [1.54, 1.807) is 12.4 Å². The van der Waals surface area contributed by atoms with Crippen molar-refractivity contribution in [3.63, 3.8) is 0 Å². The summed E-state index contributed by atoms with van der Waals surface area (Å²) in [7, 11) is 4.00. The van der Waals surface area contributed by atoms with E-state index in [0.717, 1.165) is 16.9 Å². The largest absolute Gasteiger partial charge is 0.377 e. The lowest BCUT2D eigenvalue weighted by Gasteiger charge is -2.15. The van der Waals surface area contributed by atoms with E-state index < -0.39 is 0 Å². The molecule has 0 aliphatic rings. The van der Waals surface area contributed by atoms with Gasteiger partial charge in [-0.05, 0) is 12.1 Å². The Labute approximate surface area is 89.4 Å². The SMILES string of the molecule is CN(C)c1ccncc1-c1[c]cccn1. The fourth-order valence-electron chi connectivity index (χ4n) is 1.43. The molecule has 2 aromatic heterocycles. The molecule has 75 valence electrons. The Balaban J connectivity index is 2.53. The van der Waals surface area contributed by atoms with Gasteiger partial charge >= 0.3 is 0 Å². The molecule has 3 heteroatoms. The molecule has 1 radical (unpaired) electrons. The number of rotatable bonds is 2. The summed E-state index contributed by atoms with van der Waals surface area (Å²) in [5, 5.41) is 0. The van der Waals surface area contributed by atoms with Crippen molar-refractivity contribution < 1.29 is 0 Å². The maximum Gasteiger partial charge on any atom is 0.0817 e. The van der Waals surface area contributed by atoms with Gasteiger partial charge in [-0.15, -0.1) is 0 Å². The first-order chi connectivity index (χ1) is 7.29. The summed E-state index contributed by atoms with van der Waals surface area (Å²) in [6.45, 7) is 0. The van der Waals surface area contributed by atoms with Crippen LogP contribution in [0.5, 0.6) is 0 Å². The molecule has 0 spiro atoms. The van der Waals surface area contributed by atoms with E-state index >= 15 is 0 Å². The zero-order valence-corrected chi connectivity index (χ0v) is 8.81. The Hall–Kier alpha value is -1.90. The van der Waals surface area contributed by atoms with E-state index in [4.69, 9.17) is 0 Å². The summed E-state index contributed by atoms with van der Waals surface area (Å²) in [6, 6.07) is 8.78. The van der Waals surface area contributed by atoms with E-state index in [0.29, 0.717) is 0 Å². The zero-order chi connectivity index (χ0) is 10.7. The molecule has 0 aliphatic heterocycles. The highest BCUT2D eigenvalue weighted by molar-refractivity contribution is 5.74. The Morgan fingerprint density at radius 1 is 1.27 bits per heavy atom.